The second kappa shape index (κ2) is 10.9. The van der Waals surface area contributed by atoms with Crippen molar-refractivity contribution in [3.63, 3.8) is 0 Å². The highest BCUT2D eigenvalue weighted by atomic mass is 32.2. The zero-order valence-electron chi connectivity index (χ0n) is 18.1. The van der Waals surface area contributed by atoms with Crippen molar-refractivity contribution in [2.45, 2.75) is 31.7 Å². The van der Waals surface area contributed by atoms with Crippen molar-refractivity contribution >= 4 is 35.4 Å². The van der Waals surface area contributed by atoms with E-state index < -0.39 is 29.9 Å². The number of hydrogen-bond donors (Lipinski definition) is 3. The summed E-state index contributed by atoms with van der Waals surface area (Å²) < 4.78 is 15.5. The van der Waals surface area contributed by atoms with Crippen molar-refractivity contribution in [1.29, 1.82) is 0 Å². The number of fused-ring (bicyclic) bond motifs is 1. The number of nitrogens with one attached hydrogen (secondary N) is 2. The summed E-state index contributed by atoms with van der Waals surface area (Å²) >= 11 is 1.25. The third kappa shape index (κ3) is 5.81. The van der Waals surface area contributed by atoms with Crippen molar-refractivity contribution in [2.75, 3.05) is 33.6 Å². The number of ether oxygens (including phenoxy) is 3. The number of aliphatic imine (C=N–C) groups is 1. The van der Waals surface area contributed by atoms with Gasteiger partial charge in [-0.3, -0.25) is 9.79 Å². The van der Waals surface area contributed by atoms with Crippen LogP contribution in [0.25, 0.3) is 0 Å². The number of cyclic esters (lactones) is 1. The van der Waals surface area contributed by atoms with Crippen LogP contribution in [0.3, 0.4) is 0 Å². The molecule has 1 aromatic rings. The minimum atomic E-state index is -0.993. The summed E-state index contributed by atoms with van der Waals surface area (Å²) in [5.41, 5.74) is 1.03. The molecule has 1 amide bonds. The molecule has 10 nitrogen and oxygen atoms in total. The van der Waals surface area contributed by atoms with E-state index >= 15 is 0 Å². The zero-order valence-corrected chi connectivity index (χ0v) is 18.9. The molecule has 0 bridgehead atoms. The smallest absolute Gasteiger partial charge is 0.339 e. The van der Waals surface area contributed by atoms with Crippen LogP contribution in [-0.4, -0.2) is 74.5 Å². The quantitative estimate of drug-likeness (QED) is 0.344. The van der Waals surface area contributed by atoms with Crippen LogP contribution >= 0.6 is 11.8 Å². The van der Waals surface area contributed by atoms with Crippen molar-refractivity contribution in [3.05, 3.63) is 22.8 Å². The molecule has 0 unspecified atom stereocenters. The van der Waals surface area contributed by atoms with Crippen molar-refractivity contribution < 1.29 is 33.7 Å². The summed E-state index contributed by atoms with van der Waals surface area (Å²) in [6.45, 7) is 3.01. The summed E-state index contributed by atoms with van der Waals surface area (Å²) in [5.74, 6) is -0.817. The van der Waals surface area contributed by atoms with E-state index in [0.717, 1.165) is 0 Å². The Hall–Kier alpha value is -2.95. The molecule has 31 heavy (non-hydrogen) atoms. The Morgan fingerprint density at radius 3 is 2.71 bits per heavy atom. The second-order valence-corrected chi connectivity index (χ2v) is 7.81. The number of phenols is 1. The van der Waals surface area contributed by atoms with Crippen molar-refractivity contribution in [1.82, 2.24) is 10.6 Å². The number of amides is 1. The SMILES string of the molecule is CN=C(C)N[C@H]1COC(=O)c2c(C)c(OC)cc(O)c2CSC[C@@H](C(=O)OC)NC1=O. The van der Waals surface area contributed by atoms with E-state index in [4.69, 9.17) is 14.2 Å². The van der Waals surface area contributed by atoms with Crippen LogP contribution in [0.4, 0.5) is 0 Å². The molecule has 0 fully saturated rings. The molecule has 0 spiro atoms. The van der Waals surface area contributed by atoms with Crippen molar-refractivity contribution in [2.24, 2.45) is 4.99 Å². The molecule has 1 aromatic carbocycles. The summed E-state index contributed by atoms with van der Waals surface area (Å²) in [7, 11) is 4.21. The number of thioether (sulfide) groups is 1. The highest BCUT2D eigenvalue weighted by Gasteiger charge is 2.30. The Balaban J connectivity index is 2.49. The Bertz CT molecular complexity index is 888. The summed E-state index contributed by atoms with van der Waals surface area (Å²) in [6, 6.07) is -0.489. The van der Waals surface area contributed by atoms with E-state index in [9.17, 15) is 19.5 Å². The Morgan fingerprint density at radius 2 is 2.10 bits per heavy atom. The largest absolute Gasteiger partial charge is 0.507 e. The molecule has 1 aliphatic heterocycles. The summed E-state index contributed by atoms with van der Waals surface area (Å²) in [4.78, 5) is 41.8. The lowest BCUT2D eigenvalue weighted by Crippen LogP contribution is -2.54. The van der Waals surface area contributed by atoms with Gasteiger partial charge in [-0.05, 0) is 13.8 Å². The van der Waals surface area contributed by atoms with E-state index in [0.29, 0.717) is 22.7 Å². The normalized spacial score (nSPS) is 20.4. The lowest BCUT2D eigenvalue weighted by atomic mass is 10.0. The predicted molar refractivity (Wildman–Crippen MR) is 116 cm³/mol. The number of benzene rings is 1. The number of hydrogen-bond acceptors (Lipinski definition) is 9. The van der Waals surface area contributed by atoms with E-state index in [-0.39, 0.29) is 29.4 Å². The molecule has 0 aromatic heterocycles. The number of phenolic OH excluding ortho intramolecular Hbond substituents is 1. The van der Waals surface area contributed by atoms with Gasteiger partial charge in [0, 0.05) is 35.7 Å². The van der Waals surface area contributed by atoms with Gasteiger partial charge in [-0.1, -0.05) is 0 Å². The maximum atomic E-state index is 12.9. The summed E-state index contributed by atoms with van der Waals surface area (Å²) in [6.07, 6.45) is 0. The van der Waals surface area contributed by atoms with Gasteiger partial charge in [0.2, 0.25) is 5.91 Å². The van der Waals surface area contributed by atoms with E-state index in [2.05, 4.69) is 15.6 Å². The molecule has 0 saturated heterocycles. The van der Waals surface area contributed by atoms with Crippen LogP contribution in [0.2, 0.25) is 0 Å². The molecular formula is C20H27N3O7S. The maximum absolute atomic E-state index is 12.9. The molecule has 170 valence electrons. The molecule has 0 saturated carbocycles. The summed E-state index contributed by atoms with van der Waals surface area (Å²) in [5, 5.41) is 16.0. The van der Waals surface area contributed by atoms with Crippen LogP contribution < -0.4 is 15.4 Å². The number of amidine groups is 1. The van der Waals surface area contributed by atoms with Crippen LogP contribution in [0.15, 0.2) is 11.1 Å². The molecule has 1 aliphatic rings. The van der Waals surface area contributed by atoms with Gasteiger partial charge in [-0.15, -0.1) is 0 Å². The van der Waals surface area contributed by atoms with Gasteiger partial charge in [-0.2, -0.15) is 11.8 Å². The lowest BCUT2D eigenvalue weighted by Gasteiger charge is -2.24. The first-order chi connectivity index (χ1) is 14.7. The van der Waals surface area contributed by atoms with Crippen LogP contribution in [-0.2, 0) is 24.8 Å². The Kier molecular flexibility index (Phi) is 8.55. The third-order valence-electron chi connectivity index (χ3n) is 4.80. The first kappa shape index (κ1) is 24.3. The van der Waals surface area contributed by atoms with E-state index in [1.807, 2.05) is 0 Å². The molecule has 0 radical (unpaired) electrons. The fourth-order valence-electron chi connectivity index (χ4n) is 3.02. The number of aromatic hydroxyl groups is 1. The molecule has 1 heterocycles. The molecular weight excluding hydrogens is 426 g/mol. The van der Waals surface area contributed by atoms with Crippen LogP contribution in [0.1, 0.15) is 28.4 Å². The average Bonchev–Trinajstić information content (AvgIpc) is 2.75. The number of rotatable bonds is 3. The van der Waals surface area contributed by atoms with Gasteiger partial charge in [0.25, 0.3) is 0 Å². The first-order valence-corrected chi connectivity index (χ1v) is 10.6. The fourth-order valence-corrected chi connectivity index (χ4v) is 4.09. The number of esters is 2. The van der Waals surface area contributed by atoms with Crippen molar-refractivity contribution in [3.8, 4) is 11.5 Å². The molecule has 3 N–H and O–H groups in total. The Labute approximate surface area is 184 Å². The van der Waals surface area contributed by atoms with Gasteiger partial charge in [0.15, 0.2) is 0 Å². The maximum Gasteiger partial charge on any atom is 0.339 e. The Morgan fingerprint density at radius 1 is 1.39 bits per heavy atom. The number of methoxy groups -OCH3 is 2. The molecule has 2 rings (SSSR count). The van der Waals surface area contributed by atoms with E-state index in [1.165, 1.54) is 32.0 Å². The highest BCUT2D eigenvalue weighted by Crippen LogP contribution is 2.35. The minimum Gasteiger partial charge on any atom is -0.507 e. The van der Waals surface area contributed by atoms with E-state index in [1.54, 1.807) is 20.9 Å². The standard InChI is InChI=1S/C20H27N3O7S/c1-10-16(28-4)6-15(24)12-8-31-9-14(19(26)29-5)23-18(25)13(22-11(2)21-3)7-30-20(27)17(10)12/h6,13-14,24H,7-9H2,1-5H3,(H,21,22)(H,23,25)/t13-,14-/m0/s1. The zero-order chi connectivity index (χ0) is 23.1. The highest BCUT2D eigenvalue weighted by molar-refractivity contribution is 7.98. The molecule has 11 heteroatoms. The van der Waals surface area contributed by atoms with Gasteiger partial charge in [0.1, 0.15) is 30.2 Å². The van der Waals surface area contributed by atoms with Crippen LogP contribution in [0.5, 0.6) is 11.5 Å². The topological polar surface area (TPSA) is 136 Å². The second-order valence-electron chi connectivity index (χ2n) is 6.78. The number of carbonyl (C=O) groups is 3. The van der Waals surface area contributed by atoms with Gasteiger partial charge < -0.3 is 30.0 Å². The lowest BCUT2D eigenvalue weighted by molar-refractivity contribution is -0.144. The average molecular weight is 454 g/mol. The monoisotopic (exact) mass is 453 g/mol. The van der Waals surface area contributed by atoms with Gasteiger partial charge in [-0.25, -0.2) is 9.59 Å². The van der Waals surface area contributed by atoms with Gasteiger partial charge >= 0.3 is 11.9 Å². The third-order valence-corrected chi connectivity index (χ3v) is 5.86. The fraction of sp³-hybridized carbons (Fsp3) is 0.500. The molecule has 0 aliphatic carbocycles. The number of nitrogens with zero attached hydrogens (tertiary/aromatic N) is 1. The first-order valence-electron chi connectivity index (χ1n) is 9.45. The van der Waals surface area contributed by atoms with Gasteiger partial charge in [0.05, 0.1) is 25.6 Å². The molecule has 2 atom stereocenters. The number of carbonyl (C=O) groups excluding carboxylic acids is 3. The van der Waals surface area contributed by atoms with Crippen LogP contribution in [0, 0.1) is 6.92 Å². The predicted octanol–water partition coefficient (Wildman–Crippen LogP) is 0.777. The minimum absolute atomic E-state index is 0.124.